The predicted octanol–water partition coefficient (Wildman–Crippen LogP) is 3.82. The van der Waals surface area contributed by atoms with Crippen molar-refractivity contribution in [2.45, 2.75) is 6.36 Å². The maximum Gasteiger partial charge on any atom is 0.573 e. The van der Waals surface area contributed by atoms with Gasteiger partial charge in [0.05, 0.1) is 0 Å². The summed E-state index contributed by atoms with van der Waals surface area (Å²) in [6, 6.07) is 4.12. The fraction of sp³-hybridized carbons (Fsp3) is 0.111. The van der Waals surface area contributed by atoms with Crippen LogP contribution in [-0.2, 0) is 0 Å². The summed E-state index contributed by atoms with van der Waals surface area (Å²) in [5.74, 6) is -0.445. The fourth-order valence-corrected chi connectivity index (χ4v) is 0.892. The standard InChI is InChI=1S/C9H5F5O/c10-8(11)5-6-1-3-7(4-2-6)15-9(12,13)14/h1-5H. The number of rotatable bonds is 2. The third kappa shape index (κ3) is 4.44. The van der Waals surface area contributed by atoms with Gasteiger partial charge in [-0.05, 0) is 17.7 Å². The molecule has 1 aromatic carbocycles. The minimum atomic E-state index is -4.78. The molecule has 0 fully saturated rings. The predicted molar refractivity (Wildman–Crippen MR) is 43.3 cm³/mol. The summed E-state index contributed by atoms with van der Waals surface area (Å²) in [5, 5.41) is 0. The van der Waals surface area contributed by atoms with Gasteiger partial charge in [-0.1, -0.05) is 12.1 Å². The van der Waals surface area contributed by atoms with E-state index in [0.717, 1.165) is 24.3 Å². The molecule has 0 aliphatic carbocycles. The van der Waals surface area contributed by atoms with Crippen molar-refractivity contribution in [1.82, 2.24) is 0 Å². The van der Waals surface area contributed by atoms with E-state index in [1.807, 2.05) is 0 Å². The highest BCUT2D eigenvalue weighted by Gasteiger charge is 2.30. The van der Waals surface area contributed by atoms with Crippen molar-refractivity contribution >= 4 is 6.08 Å². The molecule has 1 aromatic rings. The van der Waals surface area contributed by atoms with Crippen LogP contribution in [0.4, 0.5) is 22.0 Å². The summed E-state index contributed by atoms with van der Waals surface area (Å²) in [6.07, 6.45) is -6.15. The number of hydrogen-bond donors (Lipinski definition) is 0. The Bertz CT molecular complexity index is 348. The molecule has 1 rings (SSSR count). The van der Waals surface area contributed by atoms with Gasteiger partial charge in [-0.2, -0.15) is 8.78 Å². The van der Waals surface area contributed by atoms with E-state index in [9.17, 15) is 22.0 Å². The van der Waals surface area contributed by atoms with Crippen LogP contribution >= 0.6 is 0 Å². The monoisotopic (exact) mass is 224 g/mol. The third-order valence-electron chi connectivity index (χ3n) is 1.39. The van der Waals surface area contributed by atoms with Crippen LogP contribution in [-0.4, -0.2) is 6.36 Å². The Morgan fingerprint density at radius 3 is 2.00 bits per heavy atom. The molecule has 0 radical (unpaired) electrons. The summed E-state index contributed by atoms with van der Waals surface area (Å²) >= 11 is 0. The van der Waals surface area contributed by atoms with Crippen LogP contribution in [0.25, 0.3) is 6.08 Å². The lowest BCUT2D eigenvalue weighted by Gasteiger charge is -2.08. The molecule has 0 aromatic heterocycles. The molecule has 82 valence electrons. The van der Waals surface area contributed by atoms with E-state index in [-0.39, 0.29) is 5.56 Å². The van der Waals surface area contributed by atoms with Gasteiger partial charge in [0.2, 0.25) is 0 Å². The highest BCUT2D eigenvalue weighted by Crippen LogP contribution is 2.23. The molecule has 15 heavy (non-hydrogen) atoms. The SMILES string of the molecule is FC(F)=Cc1ccc(OC(F)(F)F)cc1. The van der Waals surface area contributed by atoms with E-state index in [4.69, 9.17) is 0 Å². The van der Waals surface area contributed by atoms with Crippen LogP contribution in [0, 0.1) is 0 Å². The van der Waals surface area contributed by atoms with Gasteiger partial charge in [0.25, 0.3) is 6.08 Å². The molecule has 1 nitrogen and oxygen atoms in total. The summed E-state index contributed by atoms with van der Waals surface area (Å²) in [4.78, 5) is 0. The van der Waals surface area contributed by atoms with Gasteiger partial charge in [0.15, 0.2) is 0 Å². The van der Waals surface area contributed by atoms with Crippen molar-refractivity contribution in [1.29, 1.82) is 0 Å². The lowest BCUT2D eigenvalue weighted by Crippen LogP contribution is -2.16. The van der Waals surface area contributed by atoms with Crippen molar-refractivity contribution in [2.75, 3.05) is 0 Å². The summed E-state index contributed by atoms with van der Waals surface area (Å²) in [7, 11) is 0. The highest BCUT2D eigenvalue weighted by molar-refractivity contribution is 5.50. The Morgan fingerprint density at radius 2 is 1.60 bits per heavy atom. The quantitative estimate of drug-likeness (QED) is 0.694. The molecule has 0 aliphatic heterocycles. The topological polar surface area (TPSA) is 9.23 Å². The number of benzene rings is 1. The Kier molecular flexibility index (Phi) is 3.28. The first kappa shape index (κ1) is 11.5. The molecule has 0 aliphatic rings. The second-order valence-corrected chi connectivity index (χ2v) is 2.55. The normalized spacial score (nSPS) is 11.0. The van der Waals surface area contributed by atoms with Gasteiger partial charge in [-0.15, -0.1) is 13.2 Å². The molecule has 0 spiro atoms. The van der Waals surface area contributed by atoms with Gasteiger partial charge in [-0.25, -0.2) is 0 Å². The number of hydrogen-bond acceptors (Lipinski definition) is 1. The first-order valence-corrected chi connectivity index (χ1v) is 3.75. The fourth-order valence-electron chi connectivity index (χ4n) is 0.892. The maximum absolute atomic E-state index is 11.7. The van der Waals surface area contributed by atoms with E-state index in [1.54, 1.807) is 0 Å². The van der Waals surface area contributed by atoms with Crippen molar-refractivity contribution in [3.8, 4) is 5.75 Å². The lowest BCUT2D eigenvalue weighted by molar-refractivity contribution is -0.274. The number of alkyl halides is 3. The maximum atomic E-state index is 11.7. The zero-order chi connectivity index (χ0) is 11.5. The molecule has 0 unspecified atom stereocenters. The van der Waals surface area contributed by atoms with E-state index >= 15 is 0 Å². The third-order valence-corrected chi connectivity index (χ3v) is 1.39. The van der Waals surface area contributed by atoms with Crippen molar-refractivity contribution in [3.63, 3.8) is 0 Å². The molecule has 0 heterocycles. The molecular formula is C9H5F5O. The van der Waals surface area contributed by atoms with E-state index in [1.165, 1.54) is 0 Å². The van der Waals surface area contributed by atoms with E-state index < -0.39 is 18.2 Å². The van der Waals surface area contributed by atoms with Crippen LogP contribution in [0.2, 0.25) is 0 Å². The Morgan fingerprint density at radius 1 is 1.07 bits per heavy atom. The molecule has 0 saturated carbocycles. The molecule has 0 bridgehead atoms. The number of halogens is 5. The Hall–Kier alpha value is -1.59. The highest BCUT2D eigenvalue weighted by atomic mass is 19.4. The summed E-state index contributed by atoms with van der Waals surface area (Å²) < 4.78 is 62.1. The van der Waals surface area contributed by atoms with Crippen molar-refractivity contribution in [3.05, 3.63) is 35.9 Å². The van der Waals surface area contributed by atoms with Crippen LogP contribution in [0.1, 0.15) is 5.56 Å². The molecule has 0 N–H and O–H groups in total. The van der Waals surface area contributed by atoms with Gasteiger partial charge < -0.3 is 4.74 Å². The minimum Gasteiger partial charge on any atom is -0.406 e. The molecule has 0 saturated heterocycles. The number of ether oxygens (including phenoxy) is 1. The van der Waals surface area contributed by atoms with Gasteiger partial charge in [-0.3, -0.25) is 0 Å². The Balaban J connectivity index is 2.77. The summed E-state index contributed by atoms with van der Waals surface area (Å²) in [5.41, 5.74) is 0.101. The first-order chi connectivity index (χ1) is 6.87. The lowest BCUT2D eigenvalue weighted by atomic mass is 10.2. The Labute approximate surface area is 81.8 Å². The van der Waals surface area contributed by atoms with Crippen LogP contribution in [0.15, 0.2) is 30.3 Å². The molecular weight excluding hydrogens is 219 g/mol. The van der Waals surface area contributed by atoms with Gasteiger partial charge in [0.1, 0.15) is 5.75 Å². The average Bonchev–Trinajstić information content (AvgIpc) is 2.05. The first-order valence-electron chi connectivity index (χ1n) is 3.75. The smallest absolute Gasteiger partial charge is 0.406 e. The zero-order valence-corrected chi connectivity index (χ0v) is 7.18. The van der Waals surface area contributed by atoms with Crippen LogP contribution < -0.4 is 4.74 Å². The minimum absolute atomic E-state index is 0.101. The van der Waals surface area contributed by atoms with E-state index in [0.29, 0.717) is 6.08 Å². The average molecular weight is 224 g/mol. The zero-order valence-electron chi connectivity index (χ0n) is 7.18. The molecule has 6 heteroatoms. The van der Waals surface area contributed by atoms with Crippen molar-refractivity contribution in [2.24, 2.45) is 0 Å². The van der Waals surface area contributed by atoms with Crippen LogP contribution in [0.3, 0.4) is 0 Å². The second-order valence-electron chi connectivity index (χ2n) is 2.55. The van der Waals surface area contributed by atoms with Crippen molar-refractivity contribution < 1.29 is 26.7 Å². The second kappa shape index (κ2) is 4.29. The van der Waals surface area contributed by atoms with Crippen LogP contribution in [0.5, 0.6) is 5.75 Å². The van der Waals surface area contributed by atoms with E-state index in [2.05, 4.69) is 4.74 Å². The van der Waals surface area contributed by atoms with Gasteiger partial charge in [0, 0.05) is 6.08 Å². The molecule has 0 amide bonds. The van der Waals surface area contributed by atoms with Gasteiger partial charge >= 0.3 is 6.36 Å². The summed E-state index contributed by atoms with van der Waals surface area (Å²) in [6.45, 7) is 0. The molecule has 0 atom stereocenters. The largest absolute Gasteiger partial charge is 0.573 e.